The first kappa shape index (κ1) is 11.3. The molecule has 0 saturated carbocycles. The summed E-state index contributed by atoms with van der Waals surface area (Å²) in [5, 5.41) is 9.73. The number of nitrogens with one attached hydrogen (secondary N) is 1. The Kier molecular flexibility index (Phi) is 2.62. The van der Waals surface area contributed by atoms with E-state index in [9.17, 15) is 13.2 Å². The smallest absolute Gasteiger partial charge is 0.360 e. The second kappa shape index (κ2) is 3.70. The second-order valence-electron chi connectivity index (χ2n) is 3.57. The summed E-state index contributed by atoms with van der Waals surface area (Å²) in [5.41, 5.74) is 0. The van der Waals surface area contributed by atoms with Gasteiger partial charge in [0, 0.05) is 13.7 Å². The molecular formula is C8H11F3N4O. The summed E-state index contributed by atoms with van der Waals surface area (Å²) in [6.45, 7) is 2.03. The first-order valence-electron chi connectivity index (χ1n) is 4.73. The number of nitrogens with zero attached hydrogens (tertiary/aromatic N) is 3. The van der Waals surface area contributed by atoms with Gasteiger partial charge in [0.05, 0.1) is 6.04 Å². The van der Waals surface area contributed by atoms with Crippen LogP contribution in [0.2, 0.25) is 0 Å². The van der Waals surface area contributed by atoms with Crippen LogP contribution < -0.4 is 5.32 Å². The molecule has 0 saturated heterocycles. The second-order valence-corrected chi connectivity index (χ2v) is 3.57. The zero-order chi connectivity index (χ0) is 11.9. The van der Waals surface area contributed by atoms with E-state index in [1.165, 1.54) is 7.11 Å². The molecule has 1 aliphatic rings. The highest BCUT2D eigenvalue weighted by Crippen LogP contribution is 2.33. The van der Waals surface area contributed by atoms with Crippen LogP contribution in [0.3, 0.4) is 0 Å². The molecule has 2 unspecified atom stereocenters. The van der Waals surface area contributed by atoms with E-state index in [2.05, 4.69) is 15.5 Å². The molecule has 2 rings (SSSR count). The Bertz CT molecular complexity index is 389. The summed E-state index contributed by atoms with van der Waals surface area (Å²) in [7, 11) is 1.35. The highest BCUT2D eigenvalue weighted by molar-refractivity contribution is 5.07. The summed E-state index contributed by atoms with van der Waals surface area (Å²) in [6, 6.07) is -0.269. The third-order valence-corrected chi connectivity index (χ3v) is 2.52. The van der Waals surface area contributed by atoms with Crippen molar-refractivity contribution in [3.8, 4) is 0 Å². The fourth-order valence-electron chi connectivity index (χ4n) is 1.72. The number of hydrogen-bond donors (Lipinski definition) is 1. The van der Waals surface area contributed by atoms with Gasteiger partial charge in [0.1, 0.15) is 6.23 Å². The van der Waals surface area contributed by atoms with E-state index >= 15 is 0 Å². The van der Waals surface area contributed by atoms with Gasteiger partial charge in [0.2, 0.25) is 5.82 Å². The lowest BCUT2D eigenvalue weighted by Crippen LogP contribution is -2.38. The number of fused-ring (bicyclic) bond motifs is 1. The average molecular weight is 236 g/mol. The molecule has 5 nitrogen and oxygen atoms in total. The molecular weight excluding hydrogens is 225 g/mol. The van der Waals surface area contributed by atoms with E-state index in [4.69, 9.17) is 4.74 Å². The van der Waals surface area contributed by atoms with Gasteiger partial charge in [-0.2, -0.15) is 13.2 Å². The Morgan fingerprint density at radius 1 is 1.44 bits per heavy atom. The number of ether oxygens (including phenoxy) is 1. The molecule has 0 aromatic carbocycles. The predicted molar refractivity (Wildman–Crippen MR) is 47.5 cm³/mol. The molecule has 2 atom stereocenters. The molecule has 0 radical (unpaired) electrons. The Morgan fingerprint density at radius 2 is 2.12 bits per heavy atom. The van der Waals surface area contributed by atoms with E-state index in [-0.39, 0.29) is 11.9 Å². The molecule has 0 bridgehead atoms. The minimum absolute atomic E-state index is 0.241. The number of methoxy groups -OCH3 is 1. The average Bonchev–Trinajstić information content (AvgIpc) is 2.63. The predicted octanol–water partition coefficient (Wildman–Crippen LogP) is 1.11. The molecule has 0 aliphatic carbocycles. The van der Waals surface area contributed by atoms with Crippen LogP contribution in [0, 0.1) is 0 Å². The quantitative estimate of drug-likeness (QED) is 0.793. The van der Waals surface area contributed by atoms with Crippen molar-refractivity contribution in [2.24, 2.45) is 0 Å². The summed E-state index contributed by atoms with van der Waals surface area (Å²) in [5.74, 6) is -0.770. The Hall–Kier alpha value is -1.15. The van der Waals surface area contributed by atoms with Crippen molar-refractivity contribution in [1.82, 2.24) is 20.1 Å². The largest absolute Gasteiger partial charge is 0.451 e. The van der Waals surface area contributed by atoms with Crippen molar-refractivity contribution in [2.75, 3.05) is 13.7 Å². The maximum absolute atomic E-state index is 12.6. The van der Waals surface area contributed by atoms with E-state index in [0.29, 0.717) is 6.54 Å². The lowest BCUT2D eigenvalue weighted by molar-refractivity contribution is -0.152. The number of hydrogen-bond acceptors (Lipinski definition) is 4. The van der Waals surface area contributed by atoms with Crippen LogP contribution in [0.1, 0.15) is 30.8 Å². The fourth-order valence-corrected chi connectivity index (χ4v) is 1.72. The van der Waals surface area contributed by atoms with Crippen LogP contribution in [0.4, 0.5) is 13.2 Å². The van der Waals surface area contributed by atoms with Crippen LogP contribution in [0.25, 0.3) is 0 Å². The molecule has 8 heteroatoms. The van der Waals surface area contributed by atoms with Crippen molar-refractivity contribution in [2.45, 2.75) is 25.4 Å². The van der Waals surface area contributed by atoms with Crippen molar-refractivity contribution in [1.29, 1.82) is 0 Å². The Morgan fingerprint density at radius 3 is 2.69 bits per heavy atom. The maximum atomic E-state index is 12.6. The van der Waals surface area contributed by atoms with Crippen molar-refractivity contribution in [3.05, 3.63) is 11.6 Å². The molecule has 90 valence electrons. The third kappa shape index (κ3) is 1.67. The molecule has 16 heavy (non-hydrogen) atoms. The van der Waals surface area contributed by atoms with Gasteiger partial charge in [-0.15, -0.1) is 10.2 Å². The summed E-state index contributed by atoms with van der Waals surface area (Å²) in [4.78, 5) is 0. The van der Waals surface area contributed by atoms with E-state index in [1.54, 1.807) is 6.92 Å². The van der Waals surface area contributed by atoms with Gasteiger partial charge in [0.15, 0.2) is 5.82 Å². The van der Waals surface area contributed by atoms with Crippen LogP contribution in [0.15, 0.2) is 0 Å². The van der Waals surface area contributed by atoms with Crippen LogP contribution in [0.5, 0.6) is 0 Å². The molecule has 1 aromatic rings. The Balaban J connectivity index is 2.51. The van der Waals surface area contributed by atoms with E-state index in [0.717, 1.165) is 4.57 Å². The zero-order valence-corrected chi connectivity index (χ0v) is 8.75. The maximum Gasteiger partial charge on any atom is 0.451 e. The lowest BCUT2D eigenvalue weighted by Gasteiger charge is -2.29. The van der Waals surface area contributed by atoms with Gasteiger partial charge >= 0.3 is 6.18 Å². The molecule has 2 heterocycles. The van der Waals surface area contributed by atoms with Crippen LogP contribution in [-0.2, 0) is 10.9 Å². The van der Waals surface area contributed by atoms with Gasteiger partial charge in [0.25, 0.3) is 0 Å². The monoisotopic (exact) mass is 236 g/mol. The number of halogens is 3. The van der Waals surface area contributed by atoms with Crippen molar-refractivity contribution < 1.29 is 17.9 Å². The molecule has 1 N–H and O–H groups in total. The lowest BCUT2D eigenvalue weighted by atomic mass is 10.2. The number of aromatic nitrogens is 3. The first-order chi connectivity index (χ1) is 7.45. The van der Waals surface area contributed by atoms with E-state index in [1.807, 2.05) is 0 Å². The van der Waals surface area contributed by atoms with E-state index < -0.39 is 18.2 Å². The van der Waals surface area contributed by atoms with Crippen molar-refractivity contribution in [3.63, 3.8) is 0 Å². The van der Waals surface area contributed by atoms with Gasteiger partial charge in [-0.1, -0.05) is 0 Å². The number of alkyl halides is 3. The van der Waals surface area contributed by atoms with Crippen LogP contribution in [-0.4, -0.2) is 28.4 Å². The number of rotatable bonds is 1. The Labute approximate surface area is 89.6 Å². The molecule has 1 aliphatic heterocycles. The first-order valence-corrected chi connectivity index (χ1v) is 4.73. The topological polar surface area (TPSA) is 52.0 Å². The van der Waals surface area contributed by atoms with Gasteiger partial charge in [-0.25, -0.2) is 0 Å². The van der Waals surface area contributed by atoms with Gasteiger partial charge in [-0.05, 0) is 6.92 Å². The minimum atomic E-state index is -4.51. The SMILES string of the molecule is COC1CNC(C)c2nnc(C(F)(F)F)n21. The minimum Gasteiger partial charge on any atom is -0.360 e. The highest BCUT2D eigenvalue weighted by Gasteiger charge is 2.42. The molecule has 0 amide bonds. The zero-order valence-electron chi connectivity index (χ0n) is 8.75. The summed E-state index contributed by atoms with van der Waals surface area (Å²) in [6.07, 6.45) is -5.24. The highest BCUT2D eigenvalue weighted by atomic mass is 19.4. The molecule has 1 aromatic heterocycles. The normalized spacial score (nSPS) is 25.6. The summed E-state index contributed by atoms with van der Waals surface area (Å²) < 4.78 is 43.9. The molecule has 0 fully saturated rings. The van der Waals surface area contributed by atoms with Crippen molar-refractivity contribution >= 4 is 0 Å². The third-order valence-electron chi connectivity index (χ3n) is 2.52. The summed E-state index contributed by atoms with van der Waals surface area (Å²) >= 11 is 0. The fraction of sp³-hybridized carbons (Fsp3) is 0.750. The van der Waals surface area contributed by atoms with Gasteiger partial charge in [-0.3, -0.25) is 4.57 Å². The van der Waals surface area contributed by atoms with Crippen LogP contribution >= 0.6 is 0 Å². The standard InChI is InChI=1S/C8H11F3N4O/c1-4-6-13-14-7(8(9,10)11)15(6)5(16-2)3-12-4/h4-5,12H,3H2,1-2H3. The molecule has 0 spiro atoms. The van der Waals surface area contributed by atoms with Gasteiger partial charge < -0.3 is 10.1 Å².